The second kappa shape index (κ2) is 18.0. The second-order valence-electron chi connectivity index (χ2n) is 11.0. The maximum absolute atomic E-state index is 6.02. The van der Waals surface area contributed by atoms with Crippen LogP contribution >= 0.6 is 0 Å². The molecule has 0 saturated heterocycles. The van der Waals surface area contributed by atoms with Crippen LogP contribution in [0, 0.1) is 6.67 Å². The minimum absolute atomic E-state index is 0. The van der Waals surface area contributed by atoms with Crippen LogP contribution in [0.25, 0.3) is 0 Å². The number of para-hydroxylation sites is 2. The number of nitrogens with zero attached hydrogens (tertiary/aromatic N) is 4. The van der Waals surface area contributed by atoms with Crippen LogP contribution in [0.2, 0.25) is 0 Å². The van der Waals surface area contributed by atoms with Gasteiger partial charge in [-0.1, -0.05) is 29.3 Å². The molecular weight excluding hydrogens is 659 g/mol. The van der Waals surface area contributed by atoms with E-state index in [-0.39, 0.29) is 24.8 Å². The molecule has 0 saturated carbocycles. The summed E-state index contributed by atoms with van der Waals surface area (Å²) in [4.78, 5) is 10.9. The molecule has 0 bridgehead atoms. The summed E-state index contributed by atoms with van der Waals surface area (Å²) in [7, 11) is 0. The average molecular weight is 700 g/mol. The molecule has 0 aromatic heterocycles. The highest BCUT2D eigenvalue weighted by Gasteiger charge is 2.31. The average Bonchev–Trinajstić information content (AvgIpc) is 3.89. The summed E-state index contributed by atoms with van der Waals surface area (Å²) in [5.74, 6) is 1.81. The Morgan fingerprint density at radius 2 is 1.23 bits per heavy atom. The zero-order chi connectivity index (χ0) is 31.6. The standard InChI is InChI=1S/C34H40N6O6.2ClH/c35-28-11-3-1-9-26(28)33-43-23-31(45-33)41-21-7-16-39-20-19-38(25-39)15-6-5-13-30-37-14-18-40(30)17-8-22-42-32-24-44-34(46-32)27-10-2-4-12-29(27)36;;/h1-4,9-12,14,18-20,23-24,33-34H,5-8,13,15-17,21-22,35-36H2;2*1H/q+2;;/p-2. The first-order valence-corrected chi connectivity index (χ1v) is 15.6. The number of hydrogen-bond acceptors (Lipinski definition) is 12. The van der Waals surface area contributed by atoms with Gasteiger partial charge in [0.05, 0.1) is 62.8 Å². The van der Waals surface area contributed by atoms with Crippen molar-refractivity contribution in [2.75, 3.05) is 44.3 Å². The Labute approximate surface area is 294 Å². The number of aliphatic imine (C=N–C) groups is 1. The topological polar surface area (TPSA) is 131 Å². The third-order valence-corrected chi connectivity index (χ3v) is 7.63. The minimum Gasteiger partial charge on any atom is -1.00 e. The van der Waals surface area contributed by atoms with E-state index in [0.717, 1.165) is 68.7 Å². The number of unbranched alkanes of at least 4 members (excludes halogenated alkanes) is 1. The Bertz CT molecular complexity index is 1490. The van der Waals surface area contributed by atoms with E-state index in [1.807, 2.05) is 72.0 Å². The largest absolute Gasteiger partial charge is 1.00 e. The molecule has 4 aliphatic heterocycles. The van der Waals surface area contributed by atoms with E-state index >= 15 is 0 Å². The first-order chi connectivity index (χ1) is 22.6. The van der Waals surface area contributed by atoms with E-state index in [9.17, 15) is 0 Å². The van der Waals surface area contributed by atoms with Gasteiger partial charge < -0.3 is 64.7 Å². The van der Waals surface area contributed by atoms with Crippen molar-refractivity contribution in [1.29, 1.82) is 0 Å². The number of nitrogen functional groups attached to an aromatic ring is 2. The Morgan fingerprint density at radius 3 is 1.81 bits per heavy atom. The molecule has 4 heterocycles. The van der Waals surface area contributed by atoms with Gasteiger partial charge in [-0.3, -0.25) is 0 Å². The highest BCUT2D eigenvalue weighted by atomic mass is 35.5. The van der Waals surface area contributed by atoms with Gasteiger partial charge in [0.25, 0.3) is 18.4 Å². The van der Waals surface area contributed by atoms with E-state index in [1.54, 1.807) is 0 Å². The first kappa shape index (κ1) is 36.2. The molecule has 14 heteroatoms. The molecule has 2 atom stereocenters. The Balaban J connectivity index is 0.00000260. The molecule has 6 rings (SSSR count). The van der Waals surface area contributed by atoms with Gasteiger partial charge in [-0.25, -0.2) is 4.90 Å². The summed E-state index contributed by atoms with van der Waals surface area (Å²) in [6.07, 6.45) is 14.4. The van der Waals surface area contributed by atoms with Crippen molar-refractivity contribution in [3.8, 4) is 0 Å². The highest BCUT2D eigenvalue weighted by molar-refractivity contribution is 5.84. The number of amidine groups is 1. The molecule has 48 heavy (non-hydrogen) atoms. The third-order valence-electron chi connectivity index (χ3n) is 7.63. The zero-order valence-electron chi connectivity index (χ0n) is 26.5. The smallest absolute Gasteiger partial charge is 0.564 e. The highest BCUT2D eigenvalue weighted by Crippen LogP contribution is 2.33. The van der Waals surface area contributed by atoms with Crippen LogP contribution < -0.4 is 41.3 Å². The van der Waals surface area contributed by atoms with Crippen molar-refractivity contribution in [2.24, 2.45) is 0 Å². The van der Waals surface area contributed by atoms with Gasteiger partial charge in [0, 0.05) is 24.2 Å². The van der Waals surface area contributed by atoms with Crippen LogP contribution in [-0.2, 0) is 28.4 Å². The predicted octanol–water partition coefficient (Wildman–Crippen LogP) is -1.16. The SMILES string of the molecule is Nc1ccccc1C1OC=C(OCCCN2[C+]N(CCCCC3=[N+]C=CN3CCCOC3=COC(c4ccccc4N)O3)C=C2)O1.[Cl-].[Cl-]. The summed E-state index contributed by atoms with van der Waals surface area (Å²) in [6, 6.07) is 14.9. The lowest BCUT2D eigenvalue weighted by Crippen LogP contribution is -3.00. The van der Waals surface area contributed by atoms with Gasteiger partial charge in [-0.05, 0) is 37.1 Å². The first-order valence-electron chi connectivity index (χ1n) is 15.6. The van der Waals surface area contributed by atoms with E-state index in [0.29, 0.717) is 36.5 Å². The van der Waals surface area contributed by atoms with Crippen LogP contribution in [0.5, 0.6) is 0 Å². The van der Waals surface area contributed by atoms with Crippen molar-refractivity contribution < 1.29 is 53.2 Å². The Kier molecular flexibility index (Phi) is 13.6. The molecule has 0 fully saturated rings. The maximum atomic E-state index is 6.02. The van der Waals surface area contributed by atoms with E-state index in [4.69, 9.17) is 39.9 Å². The molecule has 256 valence electrons. The molecule has 2 unspecified atom stereocenters. The zero-order valence-corrected chi connectivity index (χ0v) is 28.0. The molecule has 4 N–H and O–H groups in total. The summed E-state index contributed by atoms with van der Waals surface area (Å²) < 4.78 is 34.1. The summed E-state index contributed by atoms with van der Waals surface area (Å²) in [5, 5.41) is 0. The fourth-order valence-corrected chi connectivity index (χ4v) is 5.21. The maximum Gasteiger partial charge on any atom is 0.564 e. The van der Waals surface area contributed by atoms with Crippen molar-refractivity contribution >= 4 is 17.2 Å². The molecule has 2 aromatic carbocycles. The Morgan fingerprint density at radius 1 is 0.688 bits per heavy atom. The quantitative estimate of drug-likeness (QED) is 0.118. The molecule has 0 amide bonds. The van der Waals surface area contributed by atoms with Gasteiger partial charge in [0.1, 0.15) is 6.20 Å². The van der Waals surface area contributed by atoms with Gasteiger partial charge in [-0.2, -0.15) is 0 Å². The van der Waals surface area contributed by atoms with Gasteiger partial charge in [0.15, 0.2) is 18.7 Å². The third kappa shape index (κ3) is 9.68. The number of nitrogens with two attached hydrogens (primary N) is 2. The number of ether oxygens (including phenoxy) is 6. The van der Waals surface area contributed by atoms with E-state index < -0.39 is 12.6 Å². The fraction of sp³-hybridized carbons (Fsp3) is 0.353. The number of benzene rings is 2. The van der Waals surface area contributed by atoms with Crippen LogP contribution in [0.15, 0.2) is 97.7 Å². The van der Waals surface area contributed by atoms with Gasteiger partial charge >= 0.3 is 18.6 Å². The van der Waals surface area contributed by atoms with Crippen molar-refractivity contribution in [2.45, 2.75) is 44.7 Å². The van der Waals surface area contributed by atoms with E-state index in [2.05, 4.69) is 27.7 Å². The number of anilines is 2. The van der Waals surface area contributed by atoms with Crippen LogP contribution in [0.1, 0.15) is 55.8 Å². The molecule has 2 aromatic rings. The van der Waals surface area contributed by atoms with E-state index in [1.165, 1.54) is 12.5 Å². The van der Waals surface area contributed by atoms with Crippen LogP contribution in [-0.4, -0.2) is 53.4 Å². The number of hydrogen-bond donors (Lipinski definition) is 2. The molecule has 12 nitrogen and oxygen atoms in total. The molecule has 0 spiro atoms. The van der Waals surface area contributed by atoms with Crippen molar-refractivity contribution in [1.82, 2.24) is 19.7 Å². The molecule has 2 radical (unpaired) electrons. The predicted molar refractivity (Wildman–Crippen MR) is 171 cm³/mol. The normalized spacial score (nSPS) is 18.8. The fourth-order valence-electron chi connectivity index (χ4n) is 5.21. The number of rotatable bonds is 17. The van der Waals surface area contributed by atoms with Crippen LogP contribution in [0.3, 0.4) is 0 Å². The van der Waals surface area contributed by atoms with Crippen molar-refractivity contribution in [3.63, 3.8) is 0 Å². The minimum atomic E-state index is -0.577. The summed E-state index contributed by atoms with van der Waals surface area (Å²) >= 11 is 0. The lowest BCUT2D eigenvalue weighted by Gasteiger charge is -2.14. The second-order valence-corrected chi connectivity index (χ2v) is 11.0. The molecule has 4 aliphatic rings. The number of halogens is 2. The summed E-state index contributed by atoms with van der Waals surface area (Å²) in [5.41, 5.74) is 14.8. The van der Waals surface area contributed by atoms with Crippen LogP contribution in [0.4, 0.5) is 11.4 Å². The van der Waals surface area contributed by atoms with Gasteiger partial charge in [-0.15, -0.1) is 9.80 Å². The lowest BCUT2D eigenvalue weighted by atomic mass is 10.2. The van der Waals surface area contributed by atoms with Crippen molar-refractivity contribution in [3.05, 3.63) is 116 Å². The molecular formula is C34H40Cl2N6O6. The molecule has 0 aliphatic carbocycles. The Hall–Kier alpha value is -4.68. The lowest BCUT2D eigenvalue weighted by molar-refractivity contribution is -0.0739. The monoisotopic (exact) mass is 698 g/mol. The van der Waals surface area contributed by atoms with Gasteiger partial charge in [0.2, 0.25) is 0 Å². The summed E-state index contributed by atoms with van der Waals surface area (Å²) in [6.45, 7) is 6.88.